The highest BCUT2D eigenvalue weighted by molar-refractivity contribution is 6.04. The first-order valence-corrected chi connectivity index (χ1v) is 10.5. The lowest BCUT2D eigenvalue weighted by molar-refractivity contribution is 0.102. The van der Waals surface area contributed by atoms with Gasteiger partial charge in [-0.05, 0) is 68.1 Å². The van der Waals surface area contributed by atoms with Gasteiger partial charge in [0.05, 0.1) is 0 Å². The molecule has 1 aliphatic heterocycles. The summed E-state index contributed by atoms with van der Waals surface area (Å²) < 4.78 is 0. The quantitative estimate of drug-likeness (QED) is 0.612. The van der Waals surface area contributed by atoms with Crippen molar-refractivity contribution in [1.82, 2.24) is 9.97 Å². The van der Waals surface area contributed by atoms with Crippen molar-refractivity contribution < 1.29 is 4.79 Å². The number of nitrogens with one attached hydrogen (secondary N) is 2. The second-order valence-electron chi connectivity index (χ2n) is 7.60. The maximum atomic E-state index is 12.4. The van der Waals surface area contributed by atoms with Crippen molar-refractivity contribution in [3.63, 3.8) is 0 Å². The zero-order valence-corrected chi connectivity index (χ0v) is 17.5. The number of amides is 1. The van der Waals surface area contributed by atoms with Crippen LogP contribution in [0.3, 0.4) is 0 Å². The summed E-state index contributed by atoms with van der Waals surface area (Å²) >= 11 is 0. The molecule has 0 aliphatic carbocycles. The number of anilines is 4. The summed E-state index contributed by atoms with van der Waals surface area (Å²) in [7, 11) is 0. The van der Waals surface area contributed by atoms with Crippen molar-refractivity contribution in [2.24, 2.45) is 0 Å². The van der Waals surface area contributed by atoms with Crippen LogP contribution in [0.25, 0.3) is 0 Å². The molecule has 1 fully saturated rings. The number of aromatic nitrogens is 2. The molecule has 6 heteroatoms. The molecule has 2 N–H and O–H groups in total. The molecule has 2 heterocycles. The van der Waals surface area contributed by atoms with Gasteiger partial charge in [0.1, 0.15) is 5.82 Å². The number of benzene rings is 2. The van der Waals surface area contributed by atoms with E-state index in [4.69, 9.17) is 0 Å². The van der Waals surface area contributed by atoms with E-state index < -0.39 is 0 Å². The van der Waals surface area contributed by atoms with E-state index in [0.29, 0.717) is 5.56 Å². The minimum absolute atomic E-state index is 0.111. The van der Waals surface area contributed by atoms with E-state index in [1.807, 2.05) is 61.5 Å². The molecule has 0 bridgehead atoms. The van der Waals surface area contributed by atoms with Gasteiger partial charge in [-0.1, -0.05) is 19.1 Å². The highest BCUT2D eigenvalue weighted by Crippen LogP contribution is 2.22. The van der Waals surface area contributed by atoms with Crippen LogP contribution in [0.1, 0.15) is 41.4 Å². The Kier molecular flexibility index (Phi) is 5.93. The average Bonchev–Trinajstić information content (AvgIpc) is 3.30. The monoisotopic (exact) mass is 401 g/mol. The van der Waals surface area contributed by atoms with Gasteiger partial charge in [-0.15, -0.1) is 0 Å². The topological polar surface area (TPSA) is 70.2 Å². The second kappa shape index (κ2) is 8.95. The molecule has 0 saturated carbocycles. The largest absolute Gasteiger partial charge is 0.341 e. The standard InChI is InChI=1S/C24H27N5O/c1-3-18-6-8-19(9-7-18)23(30)27-21-12-10-20(11-13-21)26-22-16-17(2)25-24(28-22)29-14-4-5-15-29/h6-13,16H,3-5,14-15H2,1-2H3,(H,27,30)(H,25,26,28). The van der Waals surface area contributed by atoms with E-state index in [-0.39, 0.29) is 5.91 Å². The third kappa shape index (κ3) is 4.76. The fourth-order valence-corrected chi connectivity index (χ4v) is 3.56. The van der Waals surface area contributed by atoms with Gasteiger partial charge in [0, 0.05) is 41.8 Å². The van der Waals surface area contributed by atoms with Crippen molar-refractivity contribution >= 4 is 29.0 Å². The first kappa shape index (κ1) is 19.9. The van der Waals surface area contributed by atoms with Gasteiger partial charge in [0.2, 0.25) is 5.95 Å². The normalized spacial score (nSPS) is 13.3. The molecule has 30 heavy (non-hydrogen) atoms. The Bertz CT molecular complexity index is 1010. The Balaban J connectivity index is 1.41. The summed E-state index contributed by atoms with van der Waals surface area (Å²) in [6, 6.07) is 17.3. The number of nitrogens with zero attached hydrogens (tertiary/aromatic N) is 3. The highest BCUT2D eigenvalue weighted by atomic mass is 16.1. The van der Waals surface area contributed by atoms with E-state index in [1.165, 1.54) is 18.4 Å². The van der Waals surface area contributed by atoms with E-state index in [0.717, 1.165) is 48.3 Å². The summed E-state index contributed by atoms with van der Waals surface area (Å²) in [5.41, 5.74) is 4.47. The number of aryl methyl sites for hydroxylation is 2. The van der Waals surface area contributed by atoms with Crippen molar-refractivity contribution in [2.75, 3.05) is 28.6 Å². The maximum absolute atomic E-state index is 12.4. The van der Waals surface area contributed by atoms with Crippen LogP contribution >= 0.6 is 0 Å². The van der Waals surface area contributed by atoms with Gasteiger partial charge in [0.15, 0.2) is 0 Å². The van der Waals surface area contributed by atoms with Crippen LogP contribution in [0.4, 0.5) is 23.1 Å². The van der Waals surface area contributed by atoms with Crippen molar-refractivity contribution in [3.8, 4) is 0 Å². The fourth-order valence-electron chi connectivity index (χ4n) is 3.56. The van der Waals surface area contributed by atoms with Gasteiger partial charge in [-0.3, -0.25) is 4.79 Å². The van der Waals surface area contributed by atoms with Crippen LogP contribution in [-0.2, 0) is 6.42 Å². The van der Waals surface area contributed by atoms with Crippen molar-refractivity contribution in [1.29, 1.82) is 0 Å². The molecule has 1 amide bonds. The Morgan fingerprint density at radius 3 is 2.30 bits per heavy atom. The molecule has 154 valence electrons. The minimum atomic E-state index is -0.111. The lowest BCUT2D eigenvalue weighted by Gasteiger charge is -2.17. The molecular weight excluding hydrogens is 374 g/mol. The summed E-state index contributed by atoms with van der Waals surface area (Å²) in [6.07, 6.45) is 3.34. The lowest BCUT2D eigenvalue weighted by Crippen LogP contribution is -2.21. The number of hydrogen-bond donors (Lipinski definition) is 2. The predicted octanol–water partition coefficient (Wildman–Crippen LogP) is 4.94. The number of carbonyl (C=O) groups is 1. The molecule has 1 aromatic heterocycles. The summed E-state index contributed by atoms with van der Waals surface area (Å²) in [5, 5.41) is 6.29. The summed E-state index contributed by atoms with van der Waals surface area (Å²) in [6.45, 7) is 6.11. The van der Waals surface area contributed by atoms with Gasteiger partial charge in [-0.25, -0.2) is 4.98 Å². The minimum Gasteiger partial charge on any atom is -0.341 e. The molecule has 1 aliphatic rings. The average molecular weight is 402 g/mol. The van der Waals surface area contributed by atoms with Crippen LogP contribution in [-0.4, -0.2) is 29.0 Å². The molecule has 4 rings (SSSR count). The first-order chi connectivity index (χ1) is 14.6. The fraction of sp³-hybridized carbons (Fsp3) is 0.292. The number of hydrogen-bond acceptors (Lipinski definition) is 5. The Morgan fingerprint density at radius 2 is 1.63 bits per heavy atom. The third-order valence-corrected chi connectivity index (χ3v) is 5.27. The van der Waals surface area contributed by atoms with Gasteiger partial charge < -0.3 is 15.5 Å². The molecular formula is C24H27N5O. The third-order valence-electron chi connectivity index (χ3n) is 5.27. The van der Waals surface area contributed by atoms with Crippen LogP contribution < -0.4 is 15.5 Å². The van der Waals surface area contributed by atoms with Crippen molar-refractivity contribution in [3.05, 3.63) is 71.4 Å². The molecule has 6 nitrogen and oxygen atoms in total. The maximum Gasteiger partial charge on any atom is 0.255 e. The van der Waals surface area contributed by atoms with Gasteiger partial charge in [-0.2, -0.15) is 4.98 Å². The Morgan fingerprint density at radius 1 is 0.967 bits per heavy atom. The second-order valence-corrected chi connectivity index (χ2v) is 7.60. The first-order valence-electron chi connectivity index (χ1n) is 10.5. The summed E-state index contributed by atoms with van der Waals surface area (Å²) in [5.74, 6) is 1.45. The molecule has 2 aromatic carbocycles. The number of rotatable bonds is 6. The van der Waals surface area contributed by atoms with E-state index >= 15 is 0 Å². The molecule has 0 radical (unpaired) electrons. The Labute approximate surface area is 177 Å². The Hall–Kier alpha value is -3.41. The predicted molar refractivity (Wildman–Crippen MR) is 122 cm³/mol. The van der Waals surface area contributed by atoms with Crippen LogP contribution in [0.5, 0.6) is 0 Å². The SMILES string of the molecule is CCc1ccc(C(=O)Nc2ccc(Nc3cc(C)nc(N4CCCC4)n3)cc2)cc1. The van der Waals surface area contributed by atoms with Crippen molar-refractivity contribution in [2.45, 2.75) is 33.1 Å². The van der Waals surface area contributed by atoms with E-state index in [9.17, 15) is 4.79 Å². The molecule has 3 aromatic rings. The lowest BCUT2D eigenvalue weighted by atomic mass is 10.1. The summed E-state index contributed by atoms with van der Waals surface area (Å²) in [4.78, 5) is 23.9. The van der Waals surface area contributed by atoms with Gasteiger partial charge in [0.25, 0.3) is 5.91 Å². The highest BCUT2D eigenvalue weighted by Gasteiger charge is 2.16. The number of carbonyl (C=O) groups excluding carboxylic acids is 1. The van der Waals surface area contributed by atoms with Crippen LogP contribution in [0.15, 0.2) is 54.6 Å². The zero-order chi connectivity index (χ0) is 20.9. The van der Waals surface area contributed by atoms with Gasteiger partial charge >= 0.3 is 0 Å². The van der Waals surface area contributed by atoms with E-state index in [1.54, 1.807) is 0 Å². The van der Waals surface area contributed by atoms with E-state index in [2.05, 4.69) is 32.4 Å². The molecule has 0 atom stereocenters. The van der Waals surface area contributed by atoms with Crippen LogP contribution in [0, 0.1) is 6.92 Å². The molecule has 0 spiro atoms. The molecule has 1 saturated heterocycles. The zero-order valence-electron chi connectivity index (χ0n) is 17.5. The smallest absolute Gasteiger partial charge is 0.255 e. The van der Waals surface area contributed by atoms with Crippen LogP contribution in [0.2, 0.25) is 0 Å². The molecule has 0 unspecified atom stereocenters.